The largest absolute Gasteiger partial charge is 0.322 e. The summed E-state index contributed by atoms with van der Waals surface area (Å²) in [7, 11) is -3.33. The lowest BCUT2D eigenvalue weighted by molar-refractivity contribution is 0.102. The molecule has 5 heteroatoms. The SMILES string of the molecule is CC(C)c1ccc(C(=O)Nc2cccc(S(=O)(=O)C3CCCC3)c2)cc1. The van der Waals surface area contributed by atoms with Gasteiger partial charge >= 0.3 is 0 Å². The van der Waals surface area contributed by atoms with Crippen LogP contribution in [0.3, 0.4) is 0 Å². The van der Waals surface area contributed by atoms with Crippen molar-refractivity contribution in [3.8, 4) is 0 Å². The van der Waals surface area contributed by atoms with Gasteiger partial charge in [0.05, 0.1) is 10.1 Å². The smallest absolute Gasteiger partial charge is 0.255 e. The Hall–Kier alpha value is -2.14. The summed E-state index contributed by atoms with van der Waals surface area (Å²) < 4.78 is 25.5. The maximum Gasteiger partial charge on any atom is 0.255 e. The number of sulfone groups is 1. The Morgan fingerprint density at radius 3 is 2.31 bits per heavy atom. The van der Waals surface area contributed by atoms with E-state index in [9.17, 15) is 13.2 Å². The van der Waals surface area contributed by atoms with Gasteiger partial charge in [-0.05, 0) is 54.7 Å². The minimum atomic E-state index is -3.33. The quantitative estimate of drug-likeness (QED) is 0.823. The van der Waals surface area contributed by atoms with Crippen LogP contribution in [0.5, 0.6) is 0 Å². The number of carbonyl (C=O) groups is 1. The molecule has 1 N–H and O–H groups in total. The third-order valence-corrected chi connectivity index (χ3v) is 7.26. The van der Waals surface area contributed by atoms with Crippen molar-refractivity contribution in [2.75, 3.05) is 5.32 Å². The molecule has 0 radical (unpaired) electrons. The summed E-state index contributed by atoms with van der Waals surface area (Å²) in [6.45, 7) is 4.21. The minimum absolute atomic E-state index is 0.240. The van der Waals surface area contributed by atoms with Gasteiger partial charge in [0.1, 0.15) is 0 Å². The van der Waals surface area contributed by atoms with E-state index in [-0.39, 0.29) is 16.1 Å². The molecular weight excluding hydrogens is 346 g/mol. The highest BCUT2D eigenvalue weighted by Gasteiger charge is 2.30. The number of carbonyl (C=O) groups excluding carboxylic acids is 1. The van der Waals surface area contributed by atoms with Crippen LogP contribution in [-0.4, -0.2) is 19.6 Å². The molecule has 2 aromatic rings. The summed E-state index contributed by atoms with van der Waals surface area (Å²) in [5.74, 6) is 0.167. The lowest BCUT2D eigenvalue weighted by Crippen LogP contribution is -2.18. The van der Waals surface area contributed by atoms with Crippen LogP contribution in [0.15, 0.2) is 53.4 Å². The maximum absolute atomic E-state index is 12.7. The van der Waals surface area contributed by atoms with Gasteiger partial charge in [-0.25, -0.2) is 8.42 Å². The average molecular weight is 372 g/mol. The van der Waals surface area contributed by atoms with E-state index < -0.39 is 9.84 Å². The van der Waals surface area contributed by atoms with Crippen LogP contribution in [0.4, 0.5) is 5.69 Å². The molecule has 0 bridgehead atoms. The Bertz CT molecular complexity index is 880. The molecule has 0 heterocycles. The standard InChI is InChI=1S/C21H25NO3S/c1-15(2)16-10-12-17(13-11-16)21(23)22-18-6-5-9-20(14-18)26(24,25)19-7-3-4-8-19/h5-6,9-15,19H,3-4,7-8H2,1-2H3,(H,22,23). The maximum atomic E-state index is 12.7. The van der Waals surface area contributed by atoms with Crippen molar-refractivity contribution in [2.45, 2.75) is 55.6 Å². The number of hydrogen-bond donors (Lipinski definition) is 1. The van der Waals surface area contributed by atoms with Crippen LogP contribution in [0.1, 0.15) is 61.4 Å². The topological polar surface area (TPSA) is 63.2 Å². The summed E-state index contributed by atoms with van der Waals surface area (Å²) in [6.07, 6.45) is 3.38. The number of hydrogen-bond acceptors (Lipinski definition) is 3. The molecule has 1 aliphatic carbocycles. The van der Waals surface area contributed by atoms with Gasteiger partial charge in [-0.2, -0.15) is 0 Å². The predicted octanol–water partition coefficient (Wildman–Crippen LogP) is 4.78. The first-order valence-electron chi connectivity index (χ1n) is 9.13. The van der Waals surface area contributed by atoms with Crippen LogP contribution >= 0.6 is 0 Å². The summed E-state index contributed by atoms with van der Waals surface area (Å²) in [5, 5.41) is 2.51. The second-order valence-electron chi connectivity index (χ2n) is 7.21. The molecule has 1 saturated carbocycles. The molecule has 0 unspecified atom stereocenters. The monoisotopic (exact) mass is 371 g/mol. The number of rotatable bonds is 5. The fourth-order valence-corrected chi connectivity index (χ4v) is 5.26. The Morgan fingerprint density at radius 2 is 1.69 bits per heavy atom. The van der Waals surface area contributed by atoms with E-state index in [1.165, 1.54) is 5.56 Å². The van der Waals surface area contributed by atoms with E-state index in [1.807, 2.05) is 12.1 Å². The minimum Gasteiger partial charge on any atom is -0.322 e. The molecule has 138 valence electrons. The van der Waals surface area contributed by atoms with Crippen molar-refractivity contribution in [2.24, 2.45) is 0 Å². The second-order valence-corrected chi connectivity index (χ2v) is 9.44. The van der Waals surface area contributed by atoms with Crippen LogP contribution in [-0.2, 0) is 9.84 Å². The summed E-state index contributed by atoms with van der Waals surface area (Å²) in [5.41, 5.74) is 2.23. The zero-order chi connectivity index (χ0) is 18.7. The lowest BCUT2D eigenvalue weighted by atomic mass is 10.0. The number of amides is 1. The molecule has 0 aromatic heterocycles. The Kier molecular flexibility index (Phi) is 5.47. The van der Waals surface area contributed by atoms with Crippen molar-refractivity contribution in [1.29, 1.82) is 0 Å². The van der Waals surface area contributed by atoms with Crippen LogP contribution in [0, 0.1) is 0 Å². The summed E-state index contributed by atoms with van der Waals surface area (Å²) >= 11 is 0. The first-order valence-corrected chi connectivity index (χ1v) is 10.7. The Morgan fingerprint density at radius 1 is 1.04 bits per heavy atom. The normalized spacial score (nSPS) is 15.3. The molecule has 4 nitrogen and oxygen atoms in total. The van der Waals surface area contributed by atoms with E-state index in [1.54, 1.807) is 36.4 Å². The molecule has 2 aromatic carbocycles. The van der Waals surface area contributed by atoms with Crippen LogP contribution in [0.25, 0.3) is 0 Å². The van der Waals surface area contributed by atoms with E-state index in [4.69, 9.17) is 0 Å². The molecule has 0 spiro atoms. The van der Waals surface area contributed by atoms with Crippen molar-refractivity contribution in [3.05, 3.63) is 59.7 Å². The van der Waals surface area contributed by atoms with Crippen LogP contribution in [0.2, 0.25) is 0 Å². The van der Waals surface area contributed by atoms with E-state index in [0.717, 1.165) is 25.7 Å². The highest BCUT2D eigenvalue weighted by molar-refractivity contribution is 7.92. The van der Waals surface area contributed by atoms with Gasteiger partial charge in [-0.1, -0.05) is 44.9 Å². The first-order chi connectivity index (χ1) is 12.4. The second kappa shape index (κ2) is 7.62. The number of anilines is 1. The highest BCUT2D eigenvalue weighted by Crippen LogP contribution is 2.30. The Labute approximate surface area is 155 Å². The van der Waals surface area contributed by atoms with Gasteiger partial charge in [0.2, 0.25) is 0 Å². The lowest BCUT2D eigenvalue weighted by Gasteiger charge is -2.13. The van der Waals surface area contributed by atoms with Gasteiger partial charge in [0.25, 0.3) is 5.91 Å². The molecule has 0 saturated heterocycles. The van der Waals surface area contributed by atoms with Crippen molar-refractivity contribution in [1.82, 2.24) is 0 Å². The van der Waals surface area contributed by atoms with E-state index in [0.29, 0.717) is 17.2 Å². The van der Waals surface area contributed by atoms with Crippen molar-refractivity contribution < 1.29 is 13.2 Å². The number of nitrogens with one attached hydrogen (secondary N) is 1. The van der Waals surface area contributed by atoms with Crippen molar-refractivity contribution >= 4 is 21.4 Å². The first kappa shape index (κ1) is 18.6. The van der Waals surface area contributed by atoms with Gasteiger partial charge in [-0.3, -0.25) is 4.79 Å². The molecule has 3 rings (SSSR count). The molecule has 1 aliphatic rings. The van der Waals surface area contributed by atoms with Gasteiger partial charge < -0.3 is 5.32 Å². The Balaban J connectivity index is 1.77. The van der Waals surface area contributed by atoms with E-state index in [2.05, 4.69) is 19.2 Å². The fourth-order valence-electron chi connectivity index (χ4n) is 3.36. The van der Waals surface area contributed by atoms with Crippen LogP contribution < -0.4 is 5.32 Å². The third-order valence-electron chi connectivity index (χ3n) is 5.00. The zero-order valence-corrected chi connectivity index (χ0v) is 16.1. The molecule has 0 aliphatic heterocycles. The van der Waals surface area contributed by atoms with Gasteiger partial charge in [0, 0.05) is 11.3 Å². The fraction of sp³-hybridized carbons (Fsp3) is 0.381. The van der Waals surface area contributed by atoms with Gasteiger partial charge in [-0.15, -0.1) is 0 Å². The summed E-state index contributed by atoms with van der Waals surface area (Å²) in [4.78, 5) is 12.7. The van der Waals surface area contributed by atoms with Crippen molar-refractivity contribution in [3.63, 3.8) is 0 Å². The average Bonchev–Trinajstić information content (AvgIpc) is 3.17. The number of benzene rings is 2. The molecule has 0 atom stereocenters. The predicted molar refractivity (Wildman–Crippen MR) is 104 cm³/mol. The third kappa shape index (κ3) is 3.98. The zero-order valence-electron chi connectivity index (χ0n) is 15.2. The molecule has 1 fully saturated rings. The molecular formula is C21H25NO3S. The van der Waals surface area contributed by atoms with E-state index >= 15 is 0 Å². The summed E-state index contributed by atoms with van der Waals surface area (Å²) in [6, 6.07) is 14.1. The molecule has 1 amide bonds. The highest BCUT2D eigenvalue weighted by atomic mass is 32.2. The van der Waals surface area contributed by atoms with Gasteiger partial charge in [0.15, 0.2) is 9.84 Å². The molecule has 26 heavy (non-hydrogen) atoms.